The van der Waals surface area contributed by atoms with Gasteiger partial charge in [0.15, 0.2) is 0 Å². The maximum Gasteiger partial charge on any atom is 0.0866 e. The average molecular weight is 406 g/mol. The van der Waals surface area contributed by atoms with Crippen LogP contribution in [0.3, 0.4) is 0 Å². The van der Waals surface area contributed by atoms with Crippen LogP contribution in [0.1, 0.15) is 45.6 Å². The van der Waals surface area contributed by atoms with E-state index < -0.39 is 0 Å². The fourth-order valence-electron chi connectivity index (χ4n) is 2.97. The normalized spacial score (nSPS) is 14.5. The first kappa shape index (κ1) is 25.2. The van der Waals surface area contributed by atoms with Gasteiger partial charge in [-0.25, -0.2) is 4.39 Å². The van der Waals surface area contributed by atoms with Crippen molar-refractivity contribution in [3.63, 3.8) is 0 Å². The molecule has 2 heteroatoms. The zero-order chi connectivity index (χ0) is 21.9. The summed E-state index contributed by atoms with van der Waals surface area (Å²) in [5.74, 6) is 0. The molecule has 30 heavy (non-hydrogen) atoms. The topological polar surface area (TPSA) is 12.0 Å². The Kier molecular flexibility index (Phi) is 14.3. The zero-order valence-corrected chi connectivity index (χ0v) is 18.7. The van der Waals surface area contributed by atoms with Crippen molar-refractivity contribution < 1.29 is 4.39 Å². The van der Waals surface area contributed by atoms with Crippen molar-refractivity contribution in [1.29, 1.82) is 0 Å². The molecule has 0 aromatic heterocycles. The number of hydrogen-bond acceptors (Lipinski definition) is 1. The maximum absolute atomic E-state index is 11.9. The highest BCUT2D eigenvalue weighted by Crippen LogP contribution is 2.20. The van der Waals surface area contributed by atoms with E-state index in [0.717, 1.165) is 37.9 Å². The largest absolute Gasteiger partial charge is 0.385 e. The van der Waals surface area contributed by atoms with Crippen molar-refractivity contribution in [2.75, 3.05) is 6.54 Å². The number of halogens is 1. The summed E-state index contributed by atoms with van der Waals surface area (Å²) in [6.45, 7) is 6.92. The second kappa shape index (κ2) is 17.0. The molecule has 1 N–H and O–H groups in total. The highest BCUT2D eigenvalue weighted by Gasteiger charge is 2.02. The van der Waals surface area contributed by atoms with Crippen molar-refractivity contribution in [2.24, 2.45) is 0 Å². The summed E-state index contributed by atoms with van der Waals surface area (Å²) >= 11 is 0. The van der Waals surface area contributed by atoms with Crippen LogP contribution in [0.5, 0.6) is 0 Å². The molecule has 0 spiro atoms. The first-order chi connectivity index (χ1) is 14.8. The molecule has 0 amide bonds. The molecule has 1 nitrogen and oxygen atoms in total. The molecule has 0 saturated carbocycles. The summed E-state index contributed by atoms with van der Waals surface area (Å²) in [6.07, 6.45) is 24.8. The molecule has 0 fully saturated rings. The van der Waals surface area contributed by atoms with Crippen LogP contribution in [-0.4, -0.2) is 6.54 Å². The Hall–Kier alpha value is -2.87. The number of aryl methyl sites for hydroxylation is 1. The fourth-order valence-corrected chi connectivity index (χ4v) is 2.97. The second-order valence-corrected chi connectivity index (χ2v) is 6.55. The number of rotatable bonds is 10. The maximum atomic E-state index is 11.9. The lowest BCUT2D eigenvalue weighted by molar-refractivity contribution is 0.721. The minimum atomic E-state index is 0.543. The quantitative estimate of drug-likeness (QED) is 0.308. The minimum absolute atomic E-state index is 0.543. The van der Waals surface area contributed by atoms with Crippen LogP contribution in [0.4, 0.5) is 4.39 Å². The van der Waals surface area contributed by atoms with Crippen LogP contribution >= 0.6 is 0 Å². The van der Waals surface area contributed by atoms with Gasteiger partial charge >= 0.3 is 0 Å². The average Bonchev–Trinajstić information content (AvgIpc) is 3.04. The van der Waals surface area contributed by atoms with E-state index in [2.05, 4.69) is 85.1 Å². The molecular formula is C28H36FN. The van der Waals surface area contributed by atoms with Crippen molar-refractivity contribution in [3.8, 4) is 0 Å². The predicted molar refractivity (Wildman–Crippen MR) is 131 cm³/mol. The molecule has 0 radical (unpaired) electrons. The molecule has 0 atom stereocenters. The van der Waals surface area contributed by atoms with E-state index in [-0.39, 0.29) is 0 Å². The van der Waals surface area contributed by atoms with E-state index in [9.17, 15) is 4.39 Å². The SMILES string of the molecule is C/C=C(\C=C/CCc1ccccc1)C1=CC=C(NCC/C=C\C=C/F)C=CC1.CC. The third-order valence-corrected chi connectivity index (χ3v) is 4.48. The fraction of sp³-hybridized carbons (Fsp3) is 0.286. The molecule has 1 aromatic rings. The Balaban J connectivity index is 0.00000218. The number of nitrogens with one attached hydrogen (secondary N) is 1. The van der Waals surface area contributed by atoms with Gasteiger partial charge in [0.05, 0.1) is 6.33 Å². The third-order valence-electron chi connectivity index (χ3n) is 4.48. The van der Waals surface area contributed by atoms with E-state index in [1.54, 1.807) is 6.08 Å². The molecule has 0 heterocycles. The van der Waals surface area contributed by atoms with Gasteiger partial charge in [0.1, 0.15) is 0 Å². The van der Waals surface area contributed by atoms with Gasteiger partial charge < -0.3 is 5.32 Å². The van der Waals surface area contributed by atoms with Crippen molar-refractivity contribution in [3.05, 3.63) is 120 Å². The van der Waals surface area contributed by atoms with Gasteiger partial charge in [-0.1, -0.05) is 86.7 Å². The van der Waals surface area contributed by atoms with E-state index in [1.165, 1.54) is 22.8 Å². The summed E-state index contributed by atoms with van der Waals surface area (Å²) in [4.78, 5) is 0. The molecule has 1 aliphatic carbocycles. The van der Waals surface area contributed by atoms with Crippen LogP contribution in [0, 0.1) is 0 Å². The van der Waals surface area contributed by atoms with Crippen molar-refractivity contribution in [1.82, 2.24) is 5.32 Å². The molecular weight excluding hydrogens is 369 g/mol. The molecule has 1 aliphatic rings. The lowest BCUT2D eigenvalue weighted by Gasteiger charge is -2.05. The first-order valence-electron chi connectivity index (χ1n) is 10.9. The third kappa shape index (κ3) is 10.6. The molecule has 0 saturated heterocycles. The van der Waals surface area contributed by atoms with Gasteiger partial charge in [0, 0.05) is 12.2 Å². The summed E-state index contributed by atoms with van der Waals surface area (Å²) in [5.41, 5.74) is 5.07. The highest BCUT2D eigenvalue weighted by molar-refractivity contribution is 5.45. The Labute approximate surface area is 182 Å². The summed E-state index contributed by atoms with van der Waals surface area (Å²) in [5, 5.41) is 3.41. The smallest absolute Gasteiger partial charge is 0.0866 e. The molecule has 0 bridgehead atoms. The van der Waals surface area contributed by atoms with E-state index >= 15 is 0 Å². The summed E-state index contributed by atoms with van der Waals surface area (Å²) < 4.78 is 11.9. The number of hydrogen-bond donors (Lipinski definition) is 1. The van der Waals surface area contributed by atoms with Gasteiger partial charge in [-0.05, 0) is 67.5 Å². The minimum Gasteiger partial charge on any atom is -0.385 e. The van der Waals surface area contributed by atoms with Gasteiger partial charge in [0.25, 0.3) is 0 Å². The van der Waals surface area contributed by atoms with Crippen LogP contribution in [0.25, 0.3) is 0 Å². The van der Waals surface area contributed by atoms with Crippen LogP contribution in [0.15, 0.2) is 114 Å². The monoisotopic (exact) mass is 405 g/mol. The van der Waals surface area contributed by atoms with Crippen LogP contribution < -0.4 is 5.32 Å². The molecule has 160 valence electrons. The lowest BCUT2D eigenvalue weighted by Crippen LogP contribution is -2.12. The van der Waals surface area contributed by atoms with Crippen LogP contribution in [-0.2, 0) is 6.42 Å². The molecule has 0 unspecified atom stereocenters. The number of allylic oxidation sites excluding steroid dienone is 11. The molecule has 0 aliphatic heterocycles. The van der Waals surface area contributed by atoms with E-state index in [1.807, 2.05) is 19.9 Å². The van der Waals surface area contributed by atoms with Gasteiger partial charge in [-0.15, -0.1) is 0 Å². The Bertz CT molecular complexity index is 789. The second-order valence-electron chi connectivity index (χ2n) is 6.55. The first-order valence-corrected chi connectivity index (χ1v) is 10.9. The molecule has 2 rings (SSSR count). The van der Waals surface area contributed by atoms with Gasteiger partial charge in [0.2, 0.25) is 0 Å². The summed E-state index contributed by atoms with van der Waals surface area (Å²) in [7, 11) is 0. The standard InChI is InChI=1S/C26H30FN.C2H6/c1-2-24(16-9-8-15-23-13-6-5-7-14-23)25-17-12-18-26(20-19-25)28-22-11-4-3-10-21-27;1-2/h2-7,9-10,12-14,16,18-21,28H,8,11,15,17,22H2,1H3;1-2H3/b4-3-,16-9-,21-10-,24-2+;. The van der Waals surface area contributed by atoms with Crippen LogP contribution in [0.2, 0.25) is 0 Å². The Morgan fingerprint density at radius 3 is 2.57 bits per heavy atom. The summed E-state index contributed by atoms with van der Waals surface area (Å²) in [6, 6.07) is 10.6. The Morgan fingerprint density at radius 2 is 1.83 bits per heavy atom. The number of benzene rings is 1. The van der Waals surface area contributed by atoms with Crippen molar-refractivity contribution >= 4 is 0 Å². The highest BCUT2D eigenvalue weighted by atomic mass is 19.1. The van der Waals surface area contributed by atoms with E-state index in [4.69, 9.17) is 0 Å². The van der Waals surface area contributed by atoms with Gasteiger partial charge in [-0.2, -0.15) is 0 Å². The predicted octanol–water partition coefficient (Wildman–Crippen LogP) is 7.94. The van der Waals surface area contributed by atoms with Gasteiger partial charge in [-0.3, -0.25) is 0 Å². The molecule has 1 aromatic carbocycles. The van der Waals surface area contributed by atoms with E-state index in [0.29, 0.717) is 6.33 Å². The zero-order valence-electron chi connectivity index (χ0n) is 18.7. The Morgan fingerprint density at radius 1 is 1.03 bits per heavy atom. The lowest BCUT2D eigenvalue weighted by atomic mass is 10.0. The van der Waals surface area contributed by atoms with Crippen molar-refractivity contribution in [2.45, 2.75) is 46.5 Å².